The molecule has 23 heavy (non-hydrogen) atoms. The number of hydrogen-bond donors (Lipinski definition) is 1. The van der Waals surface area contributed by atoms with Crippen LogP contribution in [0.3, 0.4) is 0 Å². The molecule has 0 aliphatic heterocycles. The van der Waals surface area contributed by atoms with Gasteiger partial charge in [0.2, 0.25) is 0 Å². The summed E-state index contributed by atoms with van der Waals surface area (Å²) in [7, 11) is 3.37. The summed E-state index contributed by atoms with van der Waals surface area (Å²) in [5.74, 6) is 1.77. The first kappa shape index (κ1) is 17.3. The minimum Gasteiger partial charge on any atom is -0.497 e. The Morgan fingerprint density at radius 2 is 1.30 bits per heavy atom. The third kappa shape index (κ3) is 5.27. The highest BCUT2D eigenvalue weighted by molar-refractivity contribution is 5.28. The van der Waals surface area contributed by atoms with E-state index in [1.807, 2.05) is 24.3 Å². The standard InChI is InChI=1S/C19H26N2O2/c1-15(2)21(14-17-7-11-19(23-4)12-8-17)20-13-16-5-9-18(22-3)10-6-16/h5-12,15,20H,13-14H2,1-4H3. The fourth-order valence-electron chi connectivity index (χ4n) is 2.28. The summed E-state index contributed by atoms with van der Waals surface area (Å²) in [6.45, 7) is 6.01. The Morgan fingerprint density at radius 3 is 1.74 bits per heavy atom. The first-order chi connectivity index (χ1) is 11.1. The van der Waals surface area contributed by atoms with Gasteiger partial charge in [-0.25, -0.2) is 5.01 Å². The van der Waals surface area contributed by atoms with Crippen LogP contribution in [0.25, 0.3) is 0 Å². The molecule has 1 N–H and O–H groups in total. The van der Waals surface area contributed by atoms with Crippen LogP contribution in [-0.4, -0.2) is 25.3 Å². The second kappa shape index (κ2) is 8.56. The molecule has 0 saturated carbocycles. The highest BCUT2D eigenvalue weighted by Crippen LogP contribution is 2.14. The number of benzene rings is 2. The molecule has 0 aliphatic carbocycles. The number of hydrogen-bond acceptors (Lipinski definition) is 4. The number of nitrogens with one attached hydrogen (secondary N) is 1. The van der Waals surface area contributed by atoms with Crippen molar-refractivity contribution in [3.05, 3.63) is 59.7 Å². The van der Waals surface area contributed by atoms with Crippen LogP contribution in [0.2, 0.25) is 0 Å². The van der Waals surface area contributed by atoms with E-state index in [9.17, 15) is 0 Å². The lowest BCUT2D eigenvalue weighted by Crippen LogP contribution is -2.41. The Hall–Kier alpha value is -2.04. The first-order valence-corrected chi connectivity index (χ1v) is 7.88. The van der Waals surface area contributed by atoms with Crippen molar-refractivity contribution in [1.29, 1.82) is 0 Å². The fraction of sp³-hybridized carbons (Fsp3) is 0.368. The van der Waals surface area contributed by atoms with Crippen molar-refractivity contribution in [3.8, 4) is 11.5 Å². The maximum absolute atomic E-state index is 5.21. The van der Waals surface area contributed by atoms with Gasteiger partial charge >= 0.3 is 0 Å². The number of rotatable bonds is 8. The topological polar surface area (TPSA) is 33.7 Å². The lowest BCUT2D eigenvalue weighted by Gasteiger charge is -2.27. The van der Waals surface area contributed by atoms with Crippen LogP contribution < -0.4 is 14.9 Å². The predicted octanol–water partition coefficient (Wildman–Crippen LogP) is 3.62. The maximum Gasteiger partial charge on any atom is 0.118 e. The van der Waals surface area contributed by atoms with Gasteiger partial charge in [-0.1, -0.05) is 24.3 Å². The first-order valence-electron chi connectivity index (χ1n) is 7.88. The summed E-state index contributed by atoms with van der Waals surface area (Å²) in [6, 6.07) is 16.7. The maximum atomic E-state index is 5.21. The average Bonchev–Trinajstić information content (AvgIpc) is 2.59. The van der Waals surface area contributed by atoms with Crippen LogP contribution in [0.1, 0.15) is 25.0 Å². The van der Waals surface area contributed by atoms with Gasteiger partial charge in [-0.05, 0) is 49.2 Å². The zero-order valence-electron chi connectivity index (χ0n) is 14.4. The Bertz CT molecular complexity index is 579. The molecular weight excluding hydrogens is 288 g/mol. The molecule has 2 rings (SSSR count). The van der Waals surface area contributed by atoms with Gasteiger partial charge in [0, 0.05) is 19.1 Å². The van der Waals surface area contributed by atoms with Crippen LogP contribution in [0.4, 0.5) is 0 Å². The van der Waals surface area contributed by atoms with Crippen LogP contribution in [-0.2, 0) is 13.1 Å². The average molecular weight is 314 g/mol. The van der Waals surface area contributed by atoms with Crippen molar-refractivity contribution in [1.82, 2.24) is 10.4 Å². The SMILES string of the molecule is COc1ccc(CNN(Cc2ccc(OC)cc2)C(C)C)cc1. The summed E-state index contributed by atoms with van der Waals surface area (Å²) in [4.78, 5) is 0. The molecular formula is C19H26N2O2. The largest absolute Gasteiger partial charge is 0.497 e. The summed E-state index contributed by atoms with van der Waals surface area (Å²) >= 11 is 0. The minimum absolute atomic E-state index is 0.398. The second-order valence-electron chi connectivity index (χ2n) is 5.75. The lowest BCUT2D eigenvalue weighted by molar-refractivity contribution is 0.130. The smallest absolute Gasteiger partial charge is 0.118 e. The van der Waals surface area contributed by atoms with Gasteiger partial charge in [0.25, 0.3) is 0 Å². The molecule has 0 saturated heterocycles. The second-order valence-corrected chi connectivity index (χ2v) is 5.75. The molecule has 2 aromatic rings. The van der Waals surface area contributed by atoms with Gasteiger partial charge in [-0.2, -0.15) is 0 Å². The Labute approximate surface area is 139 Å². The van der Waals surface area contributed by atoms with Crippen molar-refractivity contribution >= 4 is 0 Å². The van der Waals surface area contributed by atoms with Crippen LogP contribution in [0, 0.1) is 0 Å². The van der Waals surface area contributed by atoms with Crippen molar-refractivity contribution in [2.24, 2.45) is 0 Å². The molecule has 4 nitrogen and oxygen atoms in total. The van der Waals surface area contributed by atoms with E-state index in [1.165, 1.54) is 11.1 Å². The molecule has 0 aromatic heterocycles. The monoisotopic (exact) mass is 314 g/mol. The van der Waals surface area contributed by atoms with Crippen LogP contribution in [0.15, 0.2) is 48.5 Å². The van der Waals surface area contributed by atoms with E-state index in [0.29, 0.717) is 6.04 Å². The summed E-state index contributed by atoms with van der Waals surface area (Å²) in [5.41, 5.74) is 5.99. The zero-order valence-corrected chi connectivity index (χ0v) is 14.4. The number of methoxy groups -OCH3 is 2. The molecule has 0 radical (unpaired) electrons. The normalized spacial score (nSPS) is 11.0. The summed E-state index contributed by atoms with van der Waals surface area (Å²) in [5, 5.41) is 2.24. The lowest BCUT2D eigenvalue weighted by atomic mass is 10.2. The third-order valence-corrected chi connectivity index (χ3v) is 3.78. The highest BCUT2D eigenvalue weighted by atomic mass is 16.5. The fourth-order valence-corrected chi connectivity index (χ4v) is 2.28. The molecule has 124 valence electrons. The number of ether oxygens (including phenoxy) is 2. The molecule has 0 heterocycles. The van der Waals surface area contributed by atoms with E-state index >= 15 is 0 Å². The predicted molar refractivity (Wildman–Crippen MR) is 93.5 cm³/mol. The Balaban J connectivity index is 1.94. The molecule has 0 amide bonds. The van der Waals surface area contributed by atoms with Crippen LogP contribution in [0.5, 0.6) is 11.5 Å². The quantitative estimate of drug-likeness (QED) is 0.755. The molecule has 0 bridgehead atoms. The molecule has 0 fully saturated rings. The van der Waals surface area contributed by atoms with Gasteiger partial charge < -0.3 is 9.47 Å². The van der Waals surface area contributed by atoms with E-state index < -0.39 is 0 Å². The molecule has 4 heteroatoms. The van der Waals surface area contributed by atoms with E-state index in [0.717, 1.165) is 24.6 Å². The molecule has 0 atom stereocenters. The van der Waals surface area contributed by atoms with E-state index in [1.54, 1.807) is 14.2 Å². The summed E-state index contributed by atoms with van der Waals surface area (Å²) < 4.78 is 10.4. The van der Waals surface area contributed by atoms with E-state index in [-0.39, 0.29) is 0 Å². The highest BCUT2D eigenvalue weighted by Gasteiger charge is 2.10. The van der Waals surface area contributed by atoms with Crippen molar-refractivity contribution in [2.75, 3.05) is 14.2 Å². The molecule has 0 unspecified atom stereocenters. The van der Waals surface area contributed by atoms with Gasteiger partial charge in [0.1, 0.15) is 11.5 Å². The Kier molecular flexibility index (Phi) is 6.44. The molecule has 0 aliphatic rings. The van der Waals surface area contributed by atoms with Crippen LogP contribution >= 0.6 is 0 Å². The molecule has 2 aromatic carbocycles. The van der Waals surface area contributed by atoms with Crippen molar-refractivity contribution in [2.45, 2.75) is 33.0 Å². The van der Waals surface area contributed by atoms with Gasteiger partial charge in [-0.15, -0.1) is 0 Å². The van der Waals surface area contributed by atoms with Crippen molar-refractivity contribution < 1.29 is 9.47 Å². The van der Waals surface area contributed by atoms with Gasteiger partial charge in [-0.3, -0.25) is 5.43 Å². The zero-order chi connectivity index (χ0) is 16.7. The number of nitrogens with zero attached hydrogens (tertiary/aromatic N) is 1. The van der Waals surface area contributed by atoms with E-state index in [4.69, 9.17) is 9.47 Å². The number of hydrazine groups is 1. The minimum atomic E-state index is 0.398. The third-order valence-electron chi connectivity index (χ3n) is 3.78. The Morgan fingerprint density at radius 1 is 0.826 bits per heavy atom. The van der Waals surface area contributed by atoms with E-state index in [2.05, 4.69) is 48.5 Å². The summed E-state index contributed by atoms with van der Waals surface area (Å²) in [6.07, 6.45) is 0. The van der Waals surface area contributed by atoms with Gasteiger partial charge in [0.15, 0.2) is 0 Å². The van der Waals surface area contributed by atoms with Gasteiger partial charge in [0.05, 0.1) is 14.2 Å². The molecule has 0 spiro atoms. The van der Waals surface area contributed by atoms with Crippen molar-refractivity contribution in [3.63, 3.8) is 0 Å².